The van der Waals surface area contributed by atoms with Crippen molar-refractivity contribution in [3.8, 4) is 10.8 Å². The molecule has 2 N–H and O–H groups in total. The Hall–Kier alpha value is -2.47. The van der Waals surface area contributed by atoms with Gasteiger partial charge in [0, 0.05) is 17.1 Å². The Morgan fingerprint density at radius 1 is 0.971 bits per heavy atom. The van der Waals surface area contributed by atoms with Gasteiger partial charge in [0.05, 0.1) is 23.4 Å². The zero-order valence-electron chi connectivity index (χ0n) is 20.9. The third kappa shape index (κ3) is 8.31. The van der Waals surface area contributed by atoms with Crippen LogP contribution in [-0.2, 0) is 0 Å². The average Bonchev–Trinajstić information content (AvgIpc) is 3.51. The molecule has 4 nitrogen and oxygen atoms in total. The zero-order valence-corrected chi connectivity index (χ0v) is 21.8. The molecule has 0 fully saturated rings. The Morgan fingerprint density at radius 2 is 1.60 bits per heavy atom. The van der Waals surface area contributed by atoms with E-state index in [4.69, 9.17) is 10.2 Å². The number of unbranched alkanes of at least 4 members (excludes halogenated alkanes) is 11. The molecule has 3 aromatic rings. The minimum Gasteiger partial charge on any atom is -0.460 e. The van der Waals surface area contributed by atoms with Crippen LogP contribution in [0.15, 0.2) is 47.2 Å². The number of hydrogen-bond acceptors (Lipinski definition) is 5. The molecule has 190 valence electrons. The van der Waals surface area contributed by atoms with Crippen molar-refractivity contribution in [3.05, 3.63) is 59.0 Å². The number of anilines is 1. The van der Waals surface area contributed by atoms with E-state index in [0.29, 0.717) is 22.9 Å². The van der Waals surface area contributed by atoms with Crippen molar-refractivity contribution in [2.24, 2.45) is 0 Å². The quantitative estimate of drug-likeness (QED) is 0.149. The lowest BCUT2D eigenvalue weighted by molar-refractivity contribution is 0.0951. The first kappa shape index (κ1) is 27.1. The van der Waals surface area contributed by atoms with E-state index in [1.54, 1.807) is 30.5 Å². The van der Waals surface area contributed by atoms with Crippen LogP contribution in [0.4, 0.5) is 10.1 Å². The third-order valence-corrected chi connectivity index (χ3v) is 7.67. The first-order valence-electron chi connectivity index (χ1n) is 13.2. The number of Topliss-reactive ketones (excluding diaryl/α,β-unsaturated/α-hetero) is 1. The SMILES string of the molecule is CCCCCCCCCCCCCCC(C(=O)c1ccccc1F)c1cnc(-c2occc2N)s1. The summed E-state index contributed by atoms with van der Waals surface area (Å²) in [4.78, 5) is 18.6. The summed E-state index contributed by atoms with van der Waals surface area (Å²) < 4.78 is 19.9. The summed E-state index contributed by atoms with van der Waals surface area (Å²) in [6, 6.07) is 7.91. The van der Waals surface area contributed by atoms with Crippen molar-refractivity contribution < 1.29 is 13.6 Å². The highest BCUT2D eigenvalue weighted by atomic mass is 32.1. The van der Waals surface area contributed by atoms with Crippen molar-refractivity contribution in [1.82, 2.24) is 4.98 Å². The van der Waals surface area contributed by atoms with Gasteiger partial charge in [0.2, 0.25) is 0 Å². The first-order valence-corrected chi connectivity index (χ1v) is 14.0. The van der Waals surface area contributed by atoms with E-state index in [1.807, 2.05) is 0 Å². The van der Waals surface area contributed by atoms with Crippen LogP contribution < -0.4 is 5.73 Å². The highest BCUT2D eigenvalue weighted by Crippen LogP contribution is 2.37. The van der Waals surface area contributed by atoms with Crippen molar-refractivity contribution in [2.75, 3.05) is 5.73 Å². The van der Waals surface area contributed by atoms with Gasteiger partial charge in [0.15, 0.2) is 16.6 Å². The molecule has 35 heavy (non-hydrogen) atoms. The molecular weight excluding hydrogens is 459 g/mol. The van der Waals surface area contributed by atoms with E-state index >= 15 is 0 Å². The highest BCUT2D eigenvalue weighted by molar-refractivity contribution is 7.15. The number of nitrogen functional groups attached to an aromatic ring is 1. The van der Waals surface area contributed by atoms with Crippen molar-refractivity contribution >= 4 is 22.8 Å². The summed E-state index contributed by atoms with van der Waals surface area (Å²) >= 11 is 1.40. The fourth-order valence-corrected chi connectivity index (χ4v) is 5.55. The molecule has 0 saturated carbocycles. The van der Waals surface area contributed by atoms with E-state index < -0.39 is 11.7 Å². The number of ketones is 1. The van der Waals surface area contributed by atoms with Gasteiger partial charge in [0.25, 0.3) is 0 Å². The van der Waals surface area contributed by atoms with Crippen LogP contribution in [0.25, 0.3) is 10.8 Å². The van der Waals surface area contributed by atoms with Gasteiger partial charge < -0.3 is 10.2 Å². The number of aromatic nitrogens is 1. The van der Waals surface area contributed by atoms with Gasteiger partial charge in [-0.2, -0.15) is 0 Å². The maximum Gasteiger partial charge on any atom is 0.185 e. The smallest absolute Gasteiger partial charge is 0.185 e. The molecule has 2 aromatic heterocycles. The van der Waals surface area contributed by atoms with Crippen LogP contribution in [0.5, 0.6) is 0 Å². The number of nitrogens with zero attached hydrogens (tertiary/aromatic N) is 1. The molecule has 6 heteroatoms. The predicted octanol–water partition coefficient (Wildman–Crippen LogP) is 9.18. The fraction of sp³-hybridized carbons (Fsp3) is 0.517. The molecular formula is C29H39FN2O2S. The van der Waals surface area contributed by atoms with Gasteiger partial charge in [0.1, 0.15) is 5.82 Å². The highest BCUT2D eigenvalue weighted by Gasteiger charge is 2.27. The number of furan rings is 1. The monoisotopic (exact) mass is 498 g/mol. The normalized spacial score (nSPS) is 12.2. The first-order chi connectivity index (χ1) is 17.1. The summed E-state index contributed by atoms with van der Waals surface area (Å²) in [6.45, 7) is 2.25. The molecule has 1 unspecified atom stereocenters. The van der Waals surface area contributed by atoms with Crippen LogP contribution in [0.3, 0.4) is 0 Å². The molecule has 1 aromatic carbocycles. The summed E-state index contributed by atoms with van der Waals surface area (Å²) in [7, 11) is 0. The molecule has 0 aliphatic carbocycles. The van der Waals surface area contributed by atoms with Gasteiger partial charge >= 0.3 is 0 Å². The summed E-state index contributed by atoms with van der Waals surface area (Å²) in [6.07, 6.45) is 19.1. The largest absolute Gasteiger partial charge is 0.460 e. The lowest BCUT2D eigenvalue weighted by Crippen LogP contribution is -2.13. The maximum absolute atomic E-state index is 14.4. The lowest BCUT2D eigenvalue weighted by Gasteiger charge is -2.14. The maximum atomic E-state index is 14.4. The Bertz CT molecular complexity index is 1030. The second-order valence-corrected chi connectivity index (χ2v) is 10.4. The van der Waals surface area contributed by atoms with Crippen molar-refractivity contribution in [1.29, 1.82) is 0 Å². The predicted molar refractivity (Wildman–Crippen MR) is 143 cm³/mol. The molecule has 2 heterocycles. The number of halogens is 1. The number of nitrogens with two attached hydrogens (primary N) is 1. The van der Waals surface area contributed by atoms with Crippen LogP contribution in [0.1, 0.15) is 112 Å². The van der Waals surface area contributed by atoms with Gasteiger partial charge in [-0.25, -0.2) is 9.37 Å². The number of carbonyl (C=O) groups is 1. The third-order valence-electron chi connectivity index (χ3n) is 6.56. The Kier molecular flexibility index (Phi) is 11.5. The van der Waals surface area contributed by atoms with Crippen LogP contribution >= 0.6 is 11.3 Å². The zero-order chi connectivity index (χ0) is 24.9. The Labute approximate surface area is 213 Å². The van der Waals surface area contributed by atoms with E-state index in [9.17, 15) is 9.18 Å². The number of thiazole rings is 1. The van der Waals surface area contributed by atoms with E-state index in [0.717, 1.165) is 17.7 Å². The standard InChI is InChI=1S/C29H39FN2O2S/c1-2-3-4-5-6-7-8-9-10-11-12-13-17-23(27(33)22-16-14-15-18-24(22)30)26-21-32-29(35-26)28-25(31)19-20-34-28/h14-16,18-21,23H,2-13,17,31H2,1H3. The van der Waals surface area contributed by atoms with Crippen molar-refractivity contribution in [2.45, 2.75) is 96.3 Å². The molecule has 0 spiro atoms. The van der Waals surface area contributed by atoms with Crippen molar-refractivity contribution in [3.63, 3.8) is 0 Å². The van der Waals surface area contributed by atoms with Crippen LogP contribution in [-0.4, -0.2) is 10.8 Å². The van der Waals surface area contributed by atoms with E-state index in [-0.39, 0.29) is 11.3 Å². The average molecular weight is 499 g/mol. The molecule has 3 rings (SSSR count). The molecule has 0 aliphatic heterocycles. The second kappa shape index (κ2) is 14.8. The Balaban J connectivity index is 1.52. The molecule has 1 atom stereocenters. The molecule has 0 radical (unpaired) electrons. The molecule has 0 bridgehead atoms. The van der Waals surface area contributed by atoms with Crippen LogP contribution in [0.2, 0.25) is 0 Å². The number of hydrogen-bond donors (Lipinski definition) is 1. The summed E-state index contributed by atoms with van der Waals surface area (Å²) in [5.74, 6) is -0.563. The van der Waals surface area contributed by atoms with E-state index in [2.05, 4.69) is 11.9 Å². The fourth-order valence-electron chi connectivity index (χ4n) is 4.49. The summed E-state index contributed by atoms with van der Waals surface area (Å²) in [5, 5.41) is 0.642. The molecule has 0 amide bonds. The minimum absolute atomic E-state index is 0.142. The van der Waals surface area contributed by atoms with Crippen LogP contribution in [0, 0.1) is 5.82 Å². The lowest BCUT2D eigenvalue weighted by atomic mass is 9.91. The van der Waals surface area contributed by atoms with Gasteiger partial charge in [-0.1, -0.05) is 96.1 Å². The number of carbonyl (C=O) groups excluding carboxylic acids is 1. The number of benzene rings is 1. The molecule has 0 aliphatic rings. The molecule has 0 saturated heterocycles. The topological polar surface area (TPSA) is 69.1 Å². The number of rotatable bonds is 17. The minimum atomic E-state index is -0.475. The van der Waals surface area contributed by atoms with Gasteiger partial charge in [-0.15, -0.1) is 11.3 Å². The van der Waals surface area contributed by atoms with Gasteiger partial charge in [-0.05, 0) is 18.6 Å². The Morgan fingerprint density at radius 3 is 2.20 bits per heavy atom. The second-order valence-electron chi connectivity index (χ2n) is 9.35. The summed E-state index contributed by atoms with van der Waals surface area (Å²) in [5.41, 5.74) is 6.63. The van der Waals surface area contributed by atoms with Gasteiger partial charge in [-0.3, -0.25) is 4.79 Å². The van der Waals surface area contributed by atoms with E-state index in [1.165, 1.54) is 87.9 Å².